The maximum absolute atomic E-state index is 5.94. The van der Waals surface area contributed by atoms with Crippen LogP contribution in [0, 0.1) is 0 Å². The van der Waals surface area contributed by atoms with E-state index >= 15 is 0 Å². The molecule has 0 aliphatic carbocycles. The fourth-order valence-corrected chi connectivity index (χ4v) is 3.27. The van der Waals surface area contributed by atoms with E-state index < -0.39 is 0 Å². The standard InChI is InChI=1S/C19H21N5O/c20-17-16(7-4-10-21-17)13-24-11-8-15(9-12-24)19-22-18(23-25-19)14-5-2-1-3-6-14/h1-7,10,15H,8-9,11-13H2,(H2,20,21). The third-order valence-electron chi connectivity index (χ3n) is 4.73. The zero-order valence-electron chi connectivity index (χ0n) is 14.0. The van der Waals surface area contributed by atoms with Crippen LogP contribution >= 0.6 is 0 Å². The van der Waals surface area contributed by atoms with E-state index in [1.165, 1.54) is 0 Å². The predicted octanol–water partition coefficient (Wildman–Crippen LogP) is 3.09. The van der Waals surface area contributed by atoms with Gasteiger partial charge in [-0.15, -0.1) is 0 Å². The molecule has 1 aliphatic heterocycles. The zero-order valence-corrected chi connectivity index (χ0v) is 14.0. The van der Waals surface area contributed by atoms with E-state index in [0.717, 1.165) is 49.5 Å². The lowest BCUT2D eigenvalue weighted by atomic mass is 9.96. The Morgan fingerprint density at radius 2 is 1.88 bits per heavy atom. The van der Waals surface area contributed by atoms with Crippen LogP contribution in [0.1, 0.15) is 30.2 Å². The Labute approximate surface area is 146 Å². The molecule has 3 aromatic rings. The van der Waals surface area contributed by atoms with Gasteiger partial charge in [0.25, 0.3) is 0 Å². The first-order valence-electron chi connectivity index (χ1n) is 8.60. The van der Waals surface area contributed by atoms with E-state index in [1.54, 1.807) is 6.20 Å². The molecule has 2 N–H and O–H groups in total. The number of nitrogen functional groups attached to an aromatic ring is 1. The average Bonchev–Trinajstić information content (AvgIpc) is 3.15. The Morgan fingerprint density at radius 1 is 1.08 bits per heavy atom. The monoisotopic (exact) mass is 335 g/mol. The first-order valence-corrected chi connectivity index (χ1v) is 8.60. The first kappa shape index (κ1) is 15.8. The van der Waals surface area contributed by atoms with Gasteiger partial charge in [0.15, 0.2) is 0 Å². The number of hydrogen-bond acceptors (Lipinski definition) is 6. The van der Waals surface area contributed by atoms with Crippen molar-refractivity contribution < 1.29 is 4.52 Å². The normalized spacial score (nSPS) is 16.2. The summed E-state index contributed by atoms with van der Waals surface area (Å²) in [7, 11) is 0. The molecule has 1 saturated heterocycles. The van der Waals surface area contributed by atoms with Gasteiger partial charge < -0.3 is 10.3 Å². The molecule has 0 atom stereocenters. The summed E-state index contributed by atoms with van der Waals surface area (Å²) < 4.78 is 5.52. The minimum atomic E-state index is 0.326. The highest BCUT2D eigenvalue weighted by molar-refractivity contribution is 5.53. The molecule has 6 heteroatoms. The largest absolute Gasteiger partial charge is 0.383 e. The number of piperidine rings is 1. The topological polar surface area (TPSA) is 81.1 Å². The molecule has 6 nitrogen and oxygen atoms in total. The van der Waals surface area contributed by atoms with Gasteiger partial charge in [0, 0.05) is 29.8 Å². The summed E-state index contributed by atoms with van der Waals surface area (Å²) in [5.41, 5.74) is 8.02. The van der Waals surface area contributed by atoms with Crippen LogP contribution < -0.4 is 5.73 Å². The average molecular weight is 335 g/mol. The van der Waals surface area contributed by atoms with E-state index in [-0.39, 0.29) is 0 Å². The lowest BCUT2D eigenvalue weighted by Crippen LogP contribution is -2.32. The number of benzene rings is 1. The van der Waals surface area contributed by atoms with Crippen molar-refractivity contribution in [2.75, 3.05) is 18.8 Å². The minimum absolute atomic E-state index is 0.326. The van der Waals surface area contributed by atoms with E-state index in [2.05, 4.69) is 20.0 Å². The number of pyridine rings is 1. The zero-order chi connectivity index (χ0) is 17.1. The highest BCUT2D eigenvalue weighted by Crippen LogP contribution is 2.29. The molecule has 128 valence electrons. The smallest absolute Gasteiger partial charge is 0.230 e. The van der Waals surface area contributed by atoms with E-state index in [4.69, 9.17) is 10.3 Å². The Morgan fingerprint density at radius 3 is 2.64 bits per heavy atom. The van der Waals surface area contributed by atoms with Crippen molar-refractivity contribution in [2.45, 2.75) is 25.3 Å². The summed E-state index contributed by atoms with van der Waals surface area (Å²) in [6.07, 6.45) is 3.75. The highest BCUT2D eigenvalue weighted by atomic mass is 16.5. The van der Waals surface area contributed by atoms with Crippen LogP contribution in [0.25, 0.3) is 11.4 Å². The van der Waals surface area contributed by atoms with Crippen LogP contribution in [0.15, 0.2) is 53.2 Å². The molecule has 2 aromatic heterocycles. The number of nitrogens with zero attached hydrogens (tertiary/aromatic N) is 4. The van der Waals surface area contributed by atoms with Crippen LogP contribution in [0.4, 0.5) is 5.82 Å². The SMILES string of the molecule is Nc1ncccc1CN1CCC(c2nc(-c3ccccc3)no2)CC1. The second-order valence-corrected chi connectivity index (χ2v) is 6.42. The van der Waals surface area contributed by atoms with Crippen LogP contribution in [0.3, 0.4) is 0 Å². The molecule has 0 saturated carbocycles. The van der Waals surface area contributed by atoms with Crippen LogP contribution in [-0.4, -0.2) is 33.1 Å². The third kappa shape index (κ3) is 3.53. The minimum Gasteiger partial charge on any atom is -0.383 e. The second-order valence-electron chi connectivity index (χ2n) is 6.42. The molecule has 0 radical (unpaired) electrons. The predicted molar refractivity (Wildman–Crippen MR) is 95.6 cm³/mol. The van der Waals surface area contributed by atoms with Crippen molar-refractivity contribution in [2.24, 2.45) is 0 Å². The summed E-state index contributed by atoms with van der Waals surface area (Å²) in [5.74, 6) is 2.36. The molecular weight excluding hydrogens is 314 g/mol. The number of nitrogens with two attached hydrogens (primary N) is 1. The fraction of sp³-hybridized carbons (Fsp3) is 0.316. The Kier molecular flexibility index (Phi) is 4.43. The number of anilines is 1. The Bertz CT molecular complexity index is 825. The quantitative estimate of drug-likeness (QED) is 0.789. The molecule has 0 unspecified atom stereocenters. The molecule has 1 fully saturated rings. The summed E-state index contributed by atoms with van der Waals surface area (Å²) in [4.78, 5) is 11.2. The molecule has 0 bridgehead atoms. The fourth-order valence-electron chi connectivity index (χ4n) is 3.27. The van der Waals surface area contributed by atoms with Gasteiger partial charge in [0.2, 0.25) is 11.7 Å². The van der Waals surface area contributed by atoms with E-state index in [1.807, 2.05) is 42.5 Å². The van der Waals surface area contributed by atoms with Gasteiger partial charge >= 0.3 is 0 Å². The van der Waals surface area contributed by atoms with Crippen molar-refractivity contribution in [1.29, 1.82) is 0 Å². The van der Waals surface area contributed by atoms with Crippen molar-refractivity contribution >= 4 is 5.82 Å². The molecule has 1 aliphatic rings. The summed E-state index contributed by atoms with van der Waals surface area (Å²) >= 11 is 0. The highest BCUT2D eigenvalue weighted by Gasteiger charge is 2.25. The number of likely N-dealkylation sites (tertiary alicyclic amines) is 1. The number of rotatable bonds is 4. The summed E-state index contributed by atoms with van der Waals surface area (Å²) in [5, 5.41) is 4.14. The maximum Gasteiger partial charge on any atom is 0.230 e. The number of aromatic nitrogens is 3. The van der Waals surface area contributed by atoms with Crippen molar-refractivity contribution in [3.63, 3.8) is 0 Å². The van der Waals surface area contributed by atoms with Crippen molar-refractivity contribution in [1.82, 2.24) is 20.0 Å². The van der Waals surface area contributed by atoms with Gasteiger partial charge in [-0.05, 0) is 32.0 Å². The lowest BCUT2D eigenvalue weighted by Gasteiger charge is -2.30. The van der Waals surface area contributed by atoms with Gasteiger partial charge in [0.05, 0.1) is 0 Å². The van der Waals surface area contributed by atoms with Gasteiger partial charge in [-0.3, -0.25) is 4.90 Å². The van der Waals surface area contributed by atoms with Gasteiger partial charge in [-0.1, -0.05) is 41.6 Å². The summed E-state index contributed by atoms with van der Waals surface area (Å²) in [6, 6.07) is 13.9. The molecule has 1 aromatic carbocycles. The van der Waals surface area contributed by atoms with Crippen LogP contribution in [-0.2, 0) is 6.54 Å². The van der Waals surface area contributed by atoms with E-state index in [9.17, 15) is 0 Å². The lowest BCUT2D eigenvalue weighted by molar-refractivity contribution is 0.188. The van der Waals surface area contributed by atoms with Gasteiger partial charge in [-0.2, -0.15) is 4.98 Å². The van der Waals surface area contributed by atoms with Crippen LogP contribution in [0.5, 0.6) is 0 Å². The first-order chi connectivity index (χ1) is 12.3. The number of hydrogen-bond donors (Lipinski definition) is 1. The van der Waals surface area contributed by atoms with Gasteiger partial charge in [0.1, 0.15) is 5.82 Å². The van der Waals surface area contributed by atoms with Crippen molar-refractivity contribution in [3.05, 3.63) is 60.1 Å². The van der Waals surface area contributed by atoms with Gasteiger partial charge in [-0.25, -0.2) is 4.98 Å². The Hall–Kier alpha value is -2.73. The van der Waals surface area contributed by atoms with Crippen LogP contribution in [0.2, 0.25) is 0 Å². The second kappa shape index (κ2) is 7.03. The summed E-state index contributed by atoms with van der Waals surface area (Å²) in [6.45, 7) is 2.82. The maximum atomic E-state index is 5.94. The molecule has 3 heterocycles. The van der Waals surface area contributed by atoms with E-state index in [0.29, 0.717) is 17.6 Å². The molecule has 4 rings (SSSR count). The Balaban J connectivity index is 1.38. The molecule has 0 spiro atoms. The molecule has 25 heavy (non-hydrogen) atoms. The molecular formula is C19H21N5O. The third-order valence-corrected chi connectivity index (χ3v) is 4.73. The van der Waals surface area contributed by atoms with Crippen molar-refractivity contribution in [3.8, 4) is 11.4 Å². The molecule has 0 amide bonds.